The lowest BCUT2D eigenvalue weighted by atomic mass is 9.84. The highest BCUT2D eigenvalue weighted by Crippen LogP contribution is 2.32. The molecule has 0 aliphatic carbocycles. The van der Waals surface area contributed by atoms with E-state index in [1.165, 1.54) is 4.88 Å². The summed E-state index contributed by atoms with van der Waals surface area (Å²) in [5.74, 6) is 0. The molecule has 86 valence electrons. The molecule has 0 saturated carbocycles. The summed E-state index contributed by atoms with van der Waals surface area (Å²) in [6.45, 7) is 9.23. The predicted molar refractivity (Wildman–Crippen MR) is 66.1 cm³/mol. The van der Waals surface area contributed by atoms with Crippen LogP contribution >= 0.6 is 11.3 Å². The van der Waals surface area contributed by atoms with E-state index in [1.807, 2.05) is 13.0 Å². The Kier molecular flexibility index (Phi) is 4.32. The van der Waals surface area contributed by atoms with Gasteiger partial charge in [0.2, 0.25) is 0 Å². The van der Waals surface area contributed by atoms with Gasteiger partial charge in [-0.3, -0.25) is 0 Å². The van der Waals surface area contributed by atoms with Crippen LogP contribution in [0.2, 0.25) is 0 Å². The first-order valence-electron chi connectivity index (χ1n) is 5.37. The molecule has 1 aromatic heterocycles. The van der Waals surface area contributed by atoms with E-state index in [2.05, 4.69) is 32.2 Å². The van der Waals surface area contributed by atoms with Crippen molar-refractivity contribution in [2.75, 3.05) is 6.61 Å². The van der Waals surface area contributed by atoms with E-state index in [-0.39, 0.29) is 17.6 Å². The maximum atomic E-state index is 6.24. The molecule has 0 radical (unpaired) electrons. The lowest BCUT2D eigenvalue weighted by molar-refractivity contribution is -0.0276. The minimum atomic E-state index is -0.0232. The van der Waals surface area contributed by atoms with Gasteiger partial charge in [-0.05, 0) is 23.8 Å². The van der Waals surface area contributed by atoms with Gasteiger partial charge in [0.1, 0.15) is 0 Å². The Bertz CT molecular complexity index is 276. The van der Waals surface area contributed by atoms with E-state index in [1.54, 1.807) is 11.3 Å². The molecule has 1 rings (SSSR count). The molecule has 0 aromatic carbocycles. The van der Waals surface area contributed by atoms with Gasteiger partial charge in [0.25, 0.3) is 0 Å². The van der Waals surface area contributed by atoms with Crippen LogP contribution in [0.5, 0.6) is 0 Å². The second kappa shape index (κ2) is 5.10. The monoisotopic (exact) mass is 227 g/mol. The van der Waals surface area contributed by atoms with Crippen molar-refractivity contribution in [3.63, 3.8) is 0 Å². The van der Waals surface area contributed by atoms with Crippen LogP contribution < -0.4 is 5.73 Å². The summed E-state index contributed by atoms with van der Waals surface area (Å²) in [6.07, 6.45) is 0.0705. The molecular weight excluding hydrogens is 206 g/mol. The summed E-state index contributed by atoms with van der Waals surface area (Å²) in [6, 6.07) is 4.09. The van der Waals surface area contributed by atoms with Crippen LogP contribution in [0.15, 0.2) is 17.5 Å². The average Bonchev–Trinajstić information content (AvgIpc) is 2.63. The molecule has 0 spiro atoms. The standard InChI is InChI=1S/C12H21NOS/c1-5-14-11(12(2,3)4)10(13)9-7-6-8-15-9/h6-8,10-11H,5,13H2,1-4H3. The fraction of sp³-hybridized carbons (Fsp3) is 0.667. The second-order valence-corrected chi connectivity index (χ2v) is 5.76. The molecule has 1 aromatic rings. The summed E-state index contributed by atoms with van der Waals surface area (Å²) < 4.78 is 5.77. The van der Waals surface area contributed by atoms with Crippen molar-refractivity contribution < 1.29 is 4.74 Å². The normalized spacial score (nSPS) is 16.3. The van der Waals surface area contributed by atoms with E-state index < -0.39 is 0 Å². The Morgan fingerprint density at radius 1 is 1.47 bits per heavy atom. The Labute approximate surface area is 96.4 Å². The van der Waals surface area contributed by atoms with Gasteiger partial charge in [-0.15, -0.1) is 11.3 Å². The number of ether oxygens (including phenoxy) is 1. The van der Waals surface area contributed by atoms with Crippen LogP contribution in [0.3, 0.4) is 0 Å². The molecule has 2 atom stereocenters. The van der Waals surface area contributed by atoms with Gasteiger partial charge in [0.05, 0.1) is 12.1 Å². The van der Waals surface area contributed by atoms with Gasteiger partial charge in [0.15, 0.2) is 0 Å². The van der Waals surface area contributed by atoms with E-state index in [4.69, 9.17) is 10.5 Å². The third kappa shape index (κ3) is 3.30. The molecule has 1 heterocycles. The van der Waals surface area contributed by atoms with Crippen molar-refractivity contribution in [1.29, 1.82) is 0 Å². The zero-order valence-electron chi connectivity index (χ0n) is 9.99. The Morgan fingerprint density at radius 3 is 2.53 bits per heavy atom. The van der Waals surface area contributed by atoms with E-state index in [9.17, 15) is 0 Å². The van der Waals surface area contributed by atoms with Crippen molar-refractivity contribution in [2.45, 2.75) is 39.8 Å². The molecule has 0 aliphatic heterocycles. The van der Waals surface area contributed by atoms with Crippen LogP contribution in [0.25, 0.3) is 0 Å². The molecule has 15 heavy (non-hydrogen) atoms. The van der Waals surface area contributed by atoms with Gasteiger partial charge in [-0.25, -0.2) is 0 Å². The molecule has 0 fully saturated rings. The highest BCUT2D eigenvalue weighted by molar-refractivity contribution is 7.10. The van der Waals surface area contributed by atoms with Crippen molar-refractivity contribution in [1.82, 2.24) is 0 Å². The third-order valence-corrected chi connectivity index (χ3v) is 3.37. The van der Waals surface area contributed by atoms with E-state index in [0.29, 0.717) is 6.61 Å². The largest absolute Gasteiger partial charge is 0.376 e. The van der Waals surface area contributed by atoms with Crippen LogP contribution in [0.4, 0.5) is 0 Å². The number of hydrogen-bond acceptors (Lipinski definition) is 3. The Balaban J connectivity index is 2.81. The van der Waals surface area contributed by atoms with Crippen LogP contribution in [0.1, 0.15) is 38.6 Å². The minimum Gasteiger partial charge on any atom is -0.376 e. The lowest BCUT2D eigenvalue weighted by Gasteiger charge is -2.34. The summed E-state index contributed by atoms with van der Waals surface area (Å²) in [5, 5.41) is 2.06. The van der Waals surface area contributed by atoms with Crippen molar-refractivity contribution in [3.8, 4) is 0 Å². The lowest BCUT2D eigenvalue weighted by Crippen LogP contribution is -2.39. The van der Waals surface area contributed by atoms with Crippen LogP contribution in [-0.4, -0.2) is 12.7 Å². The summed E-state index contributed by atoms with van der Waals surface area (Å²) in [4.78, 5) is 1.20. The molecule has 0 amide bonds. The fourth-order valence-corrected chi connectivity index (χ4v) is 2.45. The number of thiophene rings is 1. The SMILES string of the molecule is CCOC(C(N)c1cccs1)C(C)(C)C. The molecular formula is C12H21NOS. The van der Waals surface area contributed by atoms with Crippen molar-refractivity contribution in [3.05, 3.63) is 22.4 Å². The summed E-state index contributed by atoms with van der Waals surface area (Å²) in [5.41, 5.74) is 6.31. The highest BCUT2D eigenvalue weighted by atomic mass is 32.1. The minimum absolute atomic E-state index is 0.0232. The topological polar surface area (TPSA) is 35.2 Å². The third-order valence-electron chi connectivity index (χ3n) is 2.40. The van der Waals surface area contributed by atoms with Crippen LogP contribution in [0, 0.1) is 5.41 Å². The zero-order valence-corrected chi connectivity index (χ0v) is 10.8. The first-order valence-corrected chi connectivity index (χ1v) is 6.25. The maximum absolute atomic E-state index is 6.24. The van der Waals surface area contributed by atoms with Gasteiger partial charge >= 0.3 is 0 Å². The molecule has 2 N–H and O–H groups in total. The zero-order chi connectivity index (χ0) is 11.5. The number of hydrogen-bond donors (Lipinski definition) is 1. The quantitative estimate of drug-likeness (QED) is 0.857. The molecule has 0 aliphatic rings. The smallest absolute Gasteiger partial charge is 0.0823 e. The van der Waals surface area contributed by atoms with Crippen LogP contribution in [-0.2, 0) is 4.74 Å². The Morgan fingerprint density at radius 2 is 2.13 bits per heavy atom. The first-order chi connectivity index (χ1) is 6.96. The van der Waals surface area contributed by atoms with Gasteiger partial charge in [0, 0.05) is 11.5 Å². The van der Waals surface area contributed by atoms with Gasteiger partial charge in [-0.1, -0.05) is 26.8 Å². The van der Waals surface area contributed by atoms with Crippen molar-refractivity contribution in [2.24, 2.45) is 11.1 Å². The summed E-state index contributed by atoms with van der Waals surface area (Å²) in [7, 11) is 0. The first kappa shape index (κ1) is 12.7. The molecule has 0 saturated heterocycles. The highest BCUT2D eigenvalue weighted by Gasteiger charge is 2.32. The van der Waals surface area contributed by atoms with Crippen molar-refractivity contribution >= 4 is 11.3 Å². The number of nitrogens with two attached hydrogens (primary N) is 1. The molecule has 2 nitrogen and oxygen atoms in total. The molecule has 3 heteroatoms. The fourth-order valence-electron chi connectivity index (χ4n) is 1.70. The van der Waals surface area contributed by atoms with Gasteiger partial charge in [-0.2, -0.15) is 0 Å². The molecule has 0 bridgehead atoms. The Hall–Kier alpha value is -0.380. The van der Waals surface area contributed by atoms with E-state index >= 15 is 0 Å². The predicted octanol–water partition coefficient (Wildman–Crippen LogP) is 3.20. The number of rotatable bonds is 4. The second-order valence-electron chi connectivity index (χ2n) is 4.78. The molecule has 2 unspecified atom stereocenters. The van der Waals surface area contributed by atoms with E-state index in [0.717, 1.165) is 0 Å². The summed E-state index contributed by atoms with van der Waals surface area (Å²) >= 11 is 1.70. The van der Waals surface area contributed by atoms with Gasteiger partial charge < -0.3 is 10.5 Å². The maximum Gasteiger partial charge on any atom is 0.0823 e. The average molecular weight is 227 g/mol.